The van der Waals surface area contributed by atoms with E-state index in [-0.39, 0.29) is 23.0 Å². The first-order chi connectivity index (χ1) is 9.22. The van der Waals surface area contributed by atoms with Crippen LogP contribution in [0.3, 0.4) is 0 Å². The maximum absolute atomic E-state index is 12.0. The molecular weight excluding hydrogens is 244 g/mol. The molecule has 19 heavy (non-hydrogen) atoms. The molecule has 0 aliphatic carbocycles. The summed E-state index contributed by atoms with van der Waals surface area (Å²) in [6, 6.07) is 10.2. The number of methoxy groups -OCH3 is 1. The van der Waals surface area contributed by atoms with Crippen molar-refractivity contribution in [1.82, 2.24) is 10.3 Å². The molecule has 0 unspecified atom stereocenters. The molecule has 0 aliphatic heterocycles. The number of benzene rings is 1. The SMILES string of the molecule is COc1cccc(C(=O)NCc2ccccn2)c1O. The number of hydrogen-bond acceptors (Lipinski definition) is 4. The highest BCUT2D eigenvalue weighted by Crippen LogP contribution is 2.29. The fraction of sp³-hybridized carbons (Fsp3) is 0.143. The number of ether oxygens (including phenoxy) is 1. The molecule has 0 saturated heterocycles. The third-order valence-corrected chi connectivity index (χ3v) is 2.62. The Morgan fingerprint density at radius 3 is 2.84 bits per heavy atom. The quantitative estimate of drug-likeness (QED) is 0.876. The normalized spacial score (nSPS) is 9.95. The maximum atomic E-state index is 12.0. The number of carbonyl (C=O) groups excluding carboxylic acids is 1. The van der Waals surface area contributed by atoms with E-state index in [0.29, 0.717) is 6.54 Å². The minimum atomic E-state index is -0.373. The molecule has 2 rings (SSSR count). The number of amides is 1. The van der Waals surface area contributed by atoms with Crippen molar-refractivity contribution < 1.29 is 14.6 Å². The zero-order valence-electron chi connectivity index (χ0n) is 10.5. The summed E-state index contributed by atoms with van der Waals surface area (Å²) in [6.07, 6.45) is 1.66. The molecule has 98 valence electrons. The summed E-state index contributed by atoms with van der Waals surface area (Å²) < 4.78 is 4.96. The molecule has 0 saturated carbocycles. The van der Waals surface area contributed by atoms with Gasteiger partial charge in [0.05, 0.1) is 24.9 Å². The average molecular weight is 258 g/mol. The Kier molecular flexibility index (Phi) is 3.97. The largest absolute Gasteiger partial charge is 0.504 e. The summed E-state index contributed by atoms with van der Waals surface area (Å²) in [4.78, 5) is 16.1. The van der Waals surface area contributed by atoms with Gasteiger partial charge < -0.3 is 15.2 Å². The summed E-state index contributed by atoms with van der Waals surface area (Å²) in [5, 5.41) is 12.5. The number of para-hydroxylation sites is 1. The molecule has 1 heterocycles. The lowest BCUT2D eigenvalue weighted by molar-refractivity contribution is 0.0947. The first-order valence-electron chi connectivity index (χ1n) is 5.76. The highest BCUT2D eigenvalue weighted by atomic mass is 16.5. The van der Waals surface area contributed by atoms with E-state index in [1.807, 2.05) is 12.1 Å². The molecule has 0 fully saturated rings. The van der Waals surface area contributed by atoms with Crippen LogP contribution in [0.1, 0.15) is 16.1 Å². The number of phenols is 1. The lowest BCUT2D eigenvalue weighted by Crippen LogP contribution is -2.23. The smallest absolute Gasteiger partial charge is 0.255 e. The van der Waals surface area contributed by atoms with Crippen LogP contribution in [0, 0.1) is 0 Å². The van der Waals surface area contributed by atoms with E-state index in [1.54, 1.807) is 24.4 Å². The van der Waals surface area contributed by atoms with Gasteiger partial charge in [-0.15, -0.1) is 0 Å². The average Bonchev–Trinajstić information content (AvgIpc) is 2.46. The van der Waals surface area contributed by atoms with Crippen LogP contribution in [0.25, 0.3) is 0 Å². The Hall–Kier alpha value is -2.56. The van der Waals surface area contributed by atoms with E-state index in [4.69, 9.17) is 4.74 Å². The van der Waals surface area contributed by atoms with Crippen molar-refractivity contribution in [2.45, 2.75) is 6.54 Å². The predicted octanol–water partition coefficient (Wildman–Crippen LogP) is 1.73. The number of pyridine rings is 1. The molecule has 2 aromatic rings. The zero-order chi connectivity index (χ0) is 13.7. The van der Waals surface area contributed by atoms with Crippen molar-refractivity contribution in [2.24, 2.45) is 0 Å². The van der Waals surface area contributed by atoms with Gasteiger partial charge in [0.15, 0.2) is 11.5 Å². The first kappa shape index (κ1) is 12.9. The van der Waals surface area contributed by atoms with Crippen molar-refractivity contribution in [1.29, 1.82) is 0 Å². The van der Waals surface area contributed by atoms with Crippen LogP contribution in [0.15, 0.2) is 42.6 Å². The Balaban J connectivity index is 2.08. The van der Waals surface area contributed by atoms with Crippen LogP contribution in [0.5, 0.6) is 11.5 Å². The summed E-state index contributed by atoms with van der Waals surface area (Å²) in [5.41, 5.74) is 0.925. The van der Waals surface area contributed by atoms with Crippen LogP contribution < -0.4 is 10.1 Å². The van der Waals surface area contributed by atoms with Crippen molar-refractivity contribution in [3.63, 3.8) is 0 Å². The molecule has 5 heteroatoms. The number of aromatic nitrogens is 1. The number of phenolic OH excluding ortho intramolecular Hbond substituents is 1. The van der Waals surface area contributed by atoms with Gasteiger partial charge in [-0.2, -0.15) is 0 Å². The highest BCUT2D eigenvalue weighted by Gasteiger charge is 2.14. The third kappa shape index (κ3) is 3.01. The lowest BCUT2D eigenvalue weighted by atomic mass is 10.1. The third-order valence-electron chi connectivity index (χ3n) is 2.62. The van der Waals surface area contributed by atoms with Gasteiger partial charge in [0.2, 0.25) is 0 Å². The topological polar surface area (TPSA) is 71.5 Å². The van der Waals surface area contributed by atoms with Gasteiger partial charge in [-0.1, -0.05) is 12.1 Å². The van der Waals surface area contributed by atoms with Gasteiger partial charge in [-0.25, -0.2) is 0 Å². The van der Waals surface area contributed by atoms with Gasteiger partial charge in [0.1, 0.15) is 0 Å². The van der Waals surface area contributed by atoms with Crippen molar-refractivity contribution in [3.8, 4) is 11.5 Å². The molecule has 0 bridgehead atoms. The van der Waals surface area contributed by atoms with E-state index < -0.39 is 0 Å². The van der Waals surface area contributed by atoms with Crippen molar-refractivity contribution >= 4 is 5.91 Å². The molecule has 0 atom stereocenters. The number of rotatable bonds is 4. The molecule has 5 nitrogen and oxygen atoms in total. The predicted molar refractivity (Wildman–Crippen MR) is 70.1 cm³/mol. The summed E-state index contributed by atoms with van der Waals surface area (Å²) in [5.74, 6) is -0.268. The van der Waals surface area contributed by atoms with Gasteiger partial charge in [0.25, 0.3) is 5.91 Å². The molecule has 2 N–H and O–H groups in total. The van der Waals surface area contributed by atoms with E-state index >= 15 is 0 Å². The minimum Gasteiger partial charge on any atom is -0.504 e. The Morgan fingerprint density at radius 2 is 2.16 bits per heavy atom. The molecule has 0 spiro atoms. The summed E-state index contributed by atoms with van der Waals surface area (Å²) in [6.45, 7) is 0.302. The summed E-state index contributed by atoms with van der Waals surface area (Å²) in [7, 11) is 1.44. The van der Waals surface area contributed by atoms with Gasteiger partial charge >= 0.3 is 0 Å². The lowest BCUT2D eigenvalue weighted by Gasteiger charge is -2.09. The Labute approximate surface area is 110 Å². The monoisotopic (exact) mass is 258 g/mol. The molecular formula is C14H14N2O3. The van der Waals surface area contributed by atoms with Crippen LogP contribution in [0.4, 0.5) is 0 Å². The van der Waals surface area contributed by atoms with Crippen molar-refractivity contribution in [2.75, 3.05) is 7.11 Å². The maximum Gasteiger partial charge on any atom is 0.255 e. The van der Waals surface area contributed by atoms with E-state index in [2.05, 4.69) is 10.3 Å². The molecule has 1 aromatic carbocycles. The van der Waals surface area contributed by atoms with Crippen LogP contribution in [-0.4, -0.2) is 23.1 Å². The number of hydrogen-bond donors (Lipinski definition) is 2. The molecule has 1 aromatic heterocycles. The van der Waals surface area contributed by atoms with E-state index in [1.165, 1.54) is 13.2 Å². The number of carbonyl (C=O) groups is 1. The second-order valence-corrected chi connectivity index (χ2v) is 3.86. The minimum absolute atomic E-state index is 0.163. The molecule has 0 aliphatic rings. The van der Waals surface area contributed by atoms with E-state index in [9.17, 15) is 9.90 Å². The highest BCUT2D eigenvalue weighted by molar-refractivity contribution is 5.97. The Bertz CT molecular complexity index is 570. The van der Waals surface area contributed by atoms with Crippen molar-refractivity contribution in [3.05, 3.63) is 53.9 Å². The second kappa shape index (κ2) is 5.86. The van der Waals surface area contributed by atoms with Crippen LogP contribution >= 0.6 is 0 Å². The molecule has 1 amide bonds. The number of nitrogens with one attached hydrogen (secondary N) is 1. The number of nitrogens with zero attached hydrogens (tertiary/aromatic N) is 1. The fourth-order valence-corrected chi connectivity index (χ4v) is 1.64. The summed E-state index contributed by atoms with van der Waals surface area (Å²) >= 11 is 0. The van der Waals surface area contributed by atoms with E-state index in [0.717, 1.165) is 5.69 Å². The van der Waals surface area contributed by atoms with Gasteiger partial charge in [-0.05, 0) is 24.3 Å². The van der Waals surface area contributed by atoms with Gasteiger partial charge in [0, 0.05) is 6.20 Å². The van der Waals surface area contributed by atoms with Crippen LogP contribution in [-0.2, 0) is 6.54 Å². The molecule has 0 radical (unpaired) electrons. The standard InChI is InChI=1S/C14H14N2O3/c1-19-12-7-4-6-11(13(12)17)14(18)16-9-10-5-2-3-8-15-10/h2-8,17H,9H2,1H3,(H,16,18). The number of aromatic hydroxyl groups is 1. The Morgan fingerprint density at radius 1 is 1.32 bits per heavy atom. The van der Waals surface area contributed by atoms with Gasteiger partial charge in [-0.3, -0.25) is 9.78 Å². The fourth-order valence-electron chi connectivity index (χ4n) is 1.64. The second-order valence-electron chi connectivity index (χ2n) is 3.86. The first-order valence-corrected chi connectivity index (χ1v) is 5.76. The zero-order valence-corrected chi connectivity index (χ0v) is 10.5. The van der Waals surface area contributed by atoms with Crippen LogP contribution in [0.2, 0.25) is 0 Å².